The van der Waals surface area contributed by atoms with Crippen molar-refractivity contribution >= 4 is 34.7 Å². The molecule has 2 aromatic heterocycles. The van der Waals surface area contributed by atoms with E-state index in [1.54, 1.807) is 22.4 Å². The predicted molar refractivity (Wildman–Crippen MR) is 108 cm³/mol. The van der Waals surface area contributed by atoms with E-state index in [0.29, 0.717) is 11.4 Å². The summed E-state index contributed by atoms with van der Waals surface area (Å²) in [6.07, 6.45) is -2.82. The average Bonchev–Trinajstić information content (AvgIpc) is 3.26. The van der Waals surface area contributed by atoms with Gasteiger partial charge in [-0.15, -0.1) is 11.3 Å². The average molecular weight is 435 g/mol. The summed E-state index contributed by atoms with van der Waals surface area (Å²) in [7, 11) is 0. The van der Waals surface area contributed by atoms with Crippen molar-refractivity contribution in [3.8, 4) is 10.6 Å². The lowest BCUT2D eigenvalue weighted by molar-refractivity contribution is -0.141. The van der Waals surface area contributed by atoms with E-state index in [4.69, 9.17) is 0 Å². The number of aromatic nitrogens is 2. The minimum atomic E-state index is -4.58. The third-order valence-corrected chi connectivity index (χ3v) is 6.23. The van der Waals surface area contributed by atoms with Gasteiger partial charge in [-0.2, -0.15) is 13.2 Å². The molecule has 0 unspecified atom stereocenters. The van der Waals surface area contributed by atoms with Crippen LogP contribution in [-0.4, -0.2) is 28.2 Å². The van der Waals surface area contributed by atoms with Gasteiger partial charge in [-0.1, -0.05) is 36.0 Å². The number of aryl methyl sites for hydroxylation is 1. The number of hydrogen-bond donors (Lipinski definition) is 0. The van der Waals surface area contributed by atoms with Crippen LogP contribution < -0.4 is 4.90 Å². The number of nitrogens with zero attached hydrogens (tertiary/aromatic N) is 3. The number of carbonyl (C=O) groups is 1. The summed E-state index contributed by atoms with van der Waals surface area (Å²) in [5.41, 5.74) is 1.18. The molecule has 0 fully saturated rings. The number of benzene rings is 1. The molecule has 1 aromatic carbocycles. The Morgan fingerprint density at radius 3 is 2.76 bits per heavy atom. The molecule has 0 aliphatic carbocycles. The van der Waals surface area contributed by atoms with Crippen LogP contribution >= 0.6 is 23.1 Å². The Labute approximate surface area is 173 Å². The number of amides is 1. The van der Waals surface area contributed by atoms with E-state index in [2.05, 4.69) is 9.97 Å². The minimum absolute atomic E-state index is 0.0282. The smallest absolute Gasteiger partial charge is 0.311 e. The monoisotopic (exact) mass is 435 g/mol. The SMILES string of the molecule is O=C(CSc1nc(-c2cccs2)cc(C(F)(F)F)n1)N1CCCc2ccccc21. The van der Waals surface area contributed by atoms with Crippen molar-refractivity contribution in [2.45, 2.75) is 24.2 Å². The van der Waals surface area contributed by atoms with Crippen LogP contribution in [0.15, 0.2) is 53.0 Å². The van der Waals surface area contributed by atoms with Crippen molar-refractivity contribution in [3.63, 3.8) is 0 Å². The highest BCUT2D eigenvalue weighted by Crippen LogP contribution is 2.33. The van der Waals surface area contributed by atoms with Gasteiger partial charge in [-0.05, 0) is 42.0 Å². The van der Waals surface area contributed by atoms with E-state index < -0.39 is 11.9 Å². The lowest BCUT2D eigenvalue weighted by Gasteiger charge is -2.29. The van der Waals surface area contributed by atoms with Crippen molar-refractivity contribution in [1.82, 2.24) is 9.97 Å². The molecule has 0 spiro atoms. The molecule has 9 heteroatoms. The van der Waals surface area contributed by atoms with Crippen molar-refractivity contribution in [2.24, 2.45) is 0 Å². The molecule has 0 saturated carbocycles. The Morgan fingerprint density at radius 1 is 1.17 bits per heavy atom. The lowest BCUT2D eigenvalue weighted by Crippen LogP contribution is -2.36. The molecule has 0 atom stereocenters. The summed E-state index contributed by atoms with van der Waals surface area (Å²) in [4.78, 5) is 23.0. The maximum atomic E-state index is 13.3. The number of alkyl halides is 3. The molecule has 1 amide bonds. The fourth-order valence-corrected chi connectivity index (χ4v) is 4.60. The van der Waals surface area contributed by atoms with E-state index in [-0.39, 0.29) is 22.5 Å². The molecule has 0 bridgehead atoms. The van der Waals surface area contributed by atoms with E-state index >= 15 is 0 Å². The zero-order valence-corrected chi connectivity index (χ0v) is 16.8. The van der Waals surface area contributed by atoms with E-state index in [0.717, 1.165) is 41.9 Å². The number of rotatable bonds is 4. The van der Waals surface area contributed by atoms with Crippen LogP contribution in [0.25, 0.3) is 10.6 Å². The van der Waals surface area contributed by atoms with Crippen LogP contribution in [0.2, 0.25) is 0 Å². The van der Waals surface area contributed by atoms with Crippen LogP contribution in [0.1, 0.15) is 17.7 Å². The molecule has 1 aliphatic heterocycles. The fraction of sp³-hybridized carbons (Fsp3) is 0.250. The molecule has 4 rings (SSSR count). The van der Waals surface area contributed by atoms with Gasteiger partial charge in [-0.3, -0.25) is 4.79 Å². The normalized spacial score (nSPS) is 14.0. The number of carbonyl (C=O) groups excluding carboxylic acids is 1. The van der Waals surface area contributed by atoms with Gasteiger partial charge < -0.3 is 4.90 Å². The molecule has 0 radical (unpaired) electrons. The van der Waals surface area contributed by atoms with Crippen molar-refractivity contribution in [1.29, 1.82) is 0 Å². The quantitative estimate of drug-likeness (QED) is 0.412. The second-order valence-corrected chi connectivity index (χ2v) is 8.35. The summed E-state index contributed by atoms with van der Waals surface area (Å²) < 4.78 is 39.8. The van der Waals surface area contributed by atoms with Crippen LogP contribution in [0.3, 0.4) is 0 Å². The maximum absolute atomic E-state index is 13.3. The molecule has 0 N–H and O–H groups in total. The predicted octanol–water partition coefficient (Wildman–Crippen LogP) is 5.30. The first-order chi connectivity index (χ1) is 13.9. The van der Waals surface area contributed by atoms with Crippen LogP contribution in [0.5, 0.6) is 0 Å². The van der Waals surface area contributed by atoms with Crippen molar-refractivity contribution < 1.29 is 18.0 Å². The van der Waals surface area contributed by atoms with Gasteiger partial charge in [-0.25, -0.2) is 9.97 Å². The van der Waals surface area contributed by atoms with E-state index in [9.17, 15) is 18.0 Å². The van der Waals surface area contributed by atoms with Crippen molar-refractivity contribution in [2.75, 3.05) is 17.2 Å². The first kappa shape index (κ1) is 19.9. The van der Waals surface area contributed by atoms with Gasteiger partial charge >= 0.3 is 6.18 Å². The second-order valence-electron chi connectivity index (χ2n) is 6.46. The largest absolute Gasteiger partial charge is 0.433 e. The van der Waals surface area contributed by atoms with E-state index in [1.807, 2.05) is 24.3 Å². The van der Waals surface area contributed by atoms with Gasteiger partial charge in [0, 0.05) is 12.2 Å². The minimum Gasteiger partial charge on any atom is -0.311 e. The molecule has 0 saturated heterocycles. The van der Waals surface area contributed by atoms with Gasteiger partial charge in [0.25, 0.3) is 0 Å². The number of anilines is 1. The van der Waals surface area contributed by atoms with Gasteiger partial charge in [0.1, 0.15) is 5.69 Å². The molecule has 3 aromatic rings. The Bertz CT molecular complexity index is 1020. The number of thiophene rings is 1. The lowest BCUT2D eigenvalue weighted by atomic mass is 10.0. The molecular weight excluding hydrogens is 419 g/mol. The molecule has 3 heterocycles. The Kier molecular flexibility index (Phi) is 5.60. The highest BCUT2D eigenvalue weighted by Gasteiger charge is 2.34. The third kappa shape index (κ3) is 4.45. The van der Waals surface area contributed by atoms with E-state index in [1.165, 1.54) is 11.3 Å². The Hall–Kier alpha value is -2.39. The molecule has 150 valence electrons. The van der Waals surface area contributed by atoms with Crippen LogP contribution in [0.4, 0.5) is 18.9 Å². The molecule has 1 aliphatic rings. The maximum Gasteiger partial charge on any atom is 0.433 e. The number of thioether (sulfide) groups is 1. The Morgan fingerprint density at radius 2 is 2.00 bits per heavy atom. The summed E-state index contributed by atoms with van der Waals surface area (Å²) in [5.74, 6) is -0.194. The highest BCUT2D eigenvalue weighted by molar-refractivity contribution is 7.99. The zero-order valence-electron chi connectivity index (χ0n) is 15.1. The van der Waals surface area contributed by atoms with Gasteiger partial charge in [0.2, 0.25) is 5.91 Å². The summed E-state index contributed by atoms with van der Waals surface area (Å²) >= 11 is 2.23. The number of hydrogen-bond acceptors (Lipinski definition) is 5. The first-order valence-corrected chi connectivity index (χ1v) is 10.8. The second kappa shape index (κ2) is 8.16. The fourth-order valence-electron chi connectivity index (χ4n) is 3.18. The van der Waals surface area contributed by atoms with Gasteiger partial charge in [0.15, 0.2) is 5.16 Å². The van der Waals surface area contributed by atoms with Gasteiger partial charge in [0.05, 0.1) is 16.3 Å². The summed E-state index contributed by atoms with van der Waals surface area (Å²) in [6, 6.07) is 12.1. The van der Waals surface area contributed by atoms with Crippen LogP contribution in [-0.2, 0) is 17.4 Å². The number of para-hydroxylation sites is 1. The first-order valence-electron chi connectivity index (χ1n) is 8.93. The topological polar surface area (TPSA) is 46.1 Å². The standard InChI is InChI=1S/C20H16F3N3OS2/c21-20(22,23)17-11-14(16-8-4-10-28-16)24-19(25-17)29-12-18(27)26-9-3-6-13-5-1-2-7-15(13)26/h1-2,4-5,7-8,10-11H,3,6,9,12H2. The highest BCUT2D eigenvalue weighted by atomic mass is 32.2. The number of fused-ring (bicyclic) bond motifs is 1. The molecular formula is C20H16F3N3OS2. The summed E-state index contributed by atoms with van der Waals surface area (Å²) in [6.45, 7) is 0.598. The molecule has 4 nitrogen and oxygen atoms in total. The zero-order chi connectivity index (χ0) is 20.4. The Balaban J connectivity index is 1.55. The van der Waals surface area contributed by atoms with Crippen LogP contribution in [0, 0.1) is 0 Å². The third-order valence-electron chi connectivity index (χ3n) is 4.51. The van der Waals surface area contributed by atoms with Crippen molar-refractivity contribution in [3.05, 3.63) is 59.1 Å². The molecule has 29 heavy (non-hydrogen) atoms. The number of halogens is 3. The summed E-state index contributed by atoms with van der Waals surface area (Å²) in [5, 5.41) is 1.72.